The molecule has 130 valence electrons. The second kappa shape index (κ2) is 8.35. The van der Waals surface area contributed by atoms with Crippen molar-refractivity contribution >= 4 is 44.7 Å². The van der Waals surface area contributed by atoms with Crippen LogP contribution in [0.3, 0.4) is 0 Å². The molecule has 0 bridgehead atoms. The molecule has 0 aliphatic carbocycles. The minimum absolute atomic E-state index is 0.145. The van der Waals surface area contributed by atoms with Gasteiger partial charge in [-0.3, -0.25) is 4.79 Å². The van der Waals surface area contributed by atoms with Gasteiger partial charge in [0.05, 0.1) is 5.02 Å². The highest BCUT2D eigenvalue weighted by atomic mass is 79.9. The van der Waals surface area contributed by atoms with Gasteiger partial charge in [-0.15, -0.1) is 0 Å². The van der Waals surface area contributed by atoms with Crippen molar-refractivity contribution in [2.45, 2.75) is 6.92 Å². The van der Waals surface area contributed by atoms with Crippen LogP contribution in [0.5, 0.6) is 0 Å². The molecule has 0 aliphatic rings. The van der Waals surface area contributed by atoms with Crippen molar-refractivity contribution in [1.29, 1.82) is 0 Å². The maximum absolute atomic E-state index is 12.8. The van der Waals surface area contributed by atoms with Gasteiger partial charge in [-0.1, -0.05) is 75.6 Å². The molecule has 3 rings (SSSR count). The Balaban J connectivity index is 2.00. The number of benzene rings is 3. The van der Waals surface area contributed by atoms with E-state index in [0.29, 0.717) is 16.3 Å². The highest BCUT2D eigenvalue weighted by Gasteiger charge is 2.11. The Labute approximate surface area is 166 Å². The summed E-state index contributed by atoms with van der Waals surface area (Å²) in [6.45, 7) is 2.03. The lowest BCUT2D eigenvalue weighted by Gasteiger charge is -2.12. The summed E-state index contributed by atoms with van der Waals surface area (Å²) in [5, 5.41) is 3.79. The number of aryl methyl sites for hydroxylation is 1. The predicted octanol–water partition coefficient (Wildman–Crippen LogP) is 6.75. The highest BCUT2D eigenvalue weighted by Crippen LogP contribution is 2.24. The highest BCUT2D eigenvalue weighted by molar-refractivity contribution is 9.10. The molecule has 0 heterocycles. The fourth-order valence-corrected chi connectivity index (χ4v) is 3.14. The number of carbonyl (C=O) groups excluding carboxylic acids is 1. The van der Waals surface area contributed by atoms with Crippen molar-refractivity contribution in [2.75, 3.05) is 5.32 Å². The van der Waals surface area contributed by atoms with Gasteiger partial charge in [-0.05, 0) is 42.8 Å². The first kappa shape index (κ1) is 18.4. The molecule has 0 saturated heterocycles. The minimum atomic E-state index is -0.145. The molecule has 2 nitrogen and oxygen atoms in total. The molecule has 3 aromatic rings. The Morgan fingerprint density at radius 1 is 1.00 bits per heavy atom. The maximum atomic E-state index is 12.8. The van der Waals surface area contributed by atoms with E-state index in [1.54, 1.807) is 24.3 Å². The number of allylic oxidation sites excluding steroid dienone is 1. The van der Waals surface area contributed by atoms with Gasteiger partial charge in [0, 0.05) is 27.5 Å². The van der Waals surface area contributed by atoms with Gasteiger partial charge in [-0.25, -0.2) is 0 Å². The zero-order valence-electron chi connectivity index (χ0n) is 14.2. The summed E-state index contributed by atoms with van der Waals surface area (Å²) in [5.41, 5.74) is 4.17. The summed E-state index contributed by atoms with van der Waals surface area (Å²) < 4.78 is 0.961. The number of anilines is 1. The normalized spacial score (nSPS) is 11.3. The molecule has 4 heteroatoms. The Kier molecular flexibility index (Phi) is 5.92. The molecule has 26 heavy (non-hydrogen) atoms. The molecule has 0 fully saturated rings. The molecular formula is C22H17BrClNO. The van der Waals surface area contributed by atoms with E-state index >= 15 is 0 Å². The smallest absolute Gasteiger partial charge is 0.189 e. The van der Waals surface area contributed by atoms with Gasteiger partial charge in [0.15, 0.2) is 5.78 Å². The zero-order valence-corrected chi connectivity index (χ0v) is 16.5. The summed E-state index contributed by atoms with van der Waals surface area (Å²) in [7, 11) is 0. The number of ketones is 1. The summed E-state index contributed by atoms with van der Waals surface area (Å²) in [6, 6.07) is 22.9. The van der Waals surface area contributed by atoms with Gasteiger partial charge in [-0.2, -0.15) is 0 Å². The first-order valence-electron chi connectivity index (χ1n) is 8.13. The van der Waals surface area contributed by atoms with Crippen molar-refractivity contribution in [3.8, 4) is 0 Å². The molecule has 3 aromatic carbocycles. The average molecular weight is 427 g/mol. The standard InChI is InChI=1S/C22H17BrClNO/c1-15-9-11-16(12-10-15)21(25-18-6-4-5-17(23)13-18)14-22(26)19-7-2-3-8-20(19)24/h2-14,25H,1H3/b21-14+. The average Bonchev–Trinajstić information content (AvgIpc) is 2.62. The molecule has 1 N–H and O–H groups in total. The number of halogens is 2. The maximum Gasteiger partial charge on any atom is 0.189 e. The van der Waals surface area contributed by atoms with Gasteiger partial charge < -0.3 is 5.32 Å². The molecule has 0 amide bonds. The van der Waals surface area contributed by atoms with E-state index in [4.69, 9.17) is 11.6 Å². The van der Waals surface area contributed by atoms with Crippen LogP contribution < -0.4 is 5.32 Å². The van der Waals surface area contributed by atoms with E-state index in [1.165, 1.54) is 0 Å². The van der Waals surface area contributed by atoms with Crippen LogP contribution in [0.15, 0.2) is 83.3 Å². The Morgan fingerprint density at radius 3 is 2.42 bits per heavy atom. The third-order valence-corrected chi connectivity index (χ3v) is 4.70. The molecular weight excluding hydrogens is 410 g/mol. The fraction of sp³-hybridized carbons (Fsp3) is 0.0455. The monoisotopic (exact) mass is 425 g/mol. The SMILES string of the molecule is Cc1ccc(/C(=C\C(=O)c2ccccc2Cl)Nc2cccc(Br)c2)cc1. The van der Waals surface area contributed by atoms with Crippen LogP contribution in [-0.4, -0.2) is 5.78 Å². The van der Waals surface area contributed by atoms with Crippen molar-refractivity contribution in [2.24, 2.45) is 0 Å². The van der Waals surface area contributed by atoms with Gasteiger partial charge in [0.1, 0.15) is 0 Å². The lowest BCUT2D eigenvalue weighted by Crippen LogP contribution is -2.04. The van der Waals surface area contributed by atoms with E-state index in [2.05, 4.69) is 21.2 Å². The van der Waals surface area contributed by atoms with Crippen LogP contribution in [0.4, 0.5) is 5.69 Å². The van der Waals surface area contributed by atoms with E-state index in [1.807, 2.05) is 61.5 Å². The number of nitrogens with one attached hydrogen (secondary N) is 1. The summed E-state index contributed by atoms with van der Waals surface area (Å²) >= 11 is 9.64. The second-order valence-corrected chi connectivity index (χ2v) is 7.23. The fourth-order valence-electron chi connectivity index (χ4n) is 2.52. The van der Waals surface area contributed by atoms with Crippen molar-refractivity contribution in [3.63, 3.8) is 0 Å². The summed E-state index contributed by atoms with van der Waals surface area (Å²) in [5.74, 6) is -0.145. The molecule has 0 unspecified atom stereocenters. The summed E-state index contributed by atoms with van der Waals surface area (Å²) in [4.78, 5) is 12.8. The number of rotatable bonds is 5. The van der Waals surface area contributed by atoms with Crippen LogP contribution in [0.1, 0.15) is 21.5 Å². The van der Waals surface area contributed by atoms with Crippen LogP contribution in [0, 0.1) is 6.92 Å². The van der Waals surface area contributed by atoms with E-state index in [0.717, 1.165) is 21.3 Å². The van der Waals surface area contributed by atoms with Crippen molar-refractivity contribution in [3.05, 3.63) is 105 Å². The van der Waals surface area contributed by atoms with Gasteiger partial charge in [0.2, 0.25) is 0 Å². The lowest BCUT2D eigenvalue weighted by atomic mass is 10.0. The molecule has 0 spiro atoms. The predicted molar refractivity (Wildman–Crippen MR) is 113 cm³/mol. The molecule has 0 saturated carbocycles. The number of carbonyl (C=O) groups is 1. The molecule has 0 aromatic heterocycles. The van der Waals surface area contributed by atoms with Gasteiger partial charge >= 0.3 is 0 Å². The lowest BCUT2D eigenvalue weighted by molar-refractivity contribution is 0.104. The summed E-state index contributed by atoms with van der Waals surface area (Å²) in [6.07, 6.45) is 1.59. The Bertz CT molecular complexity index is 964. The third-order valence-electron chi connectivity index (χ3n) is 3.88. The van der Waals surface area contributed by atoms with Crippen molar-refractivity contribution < 1.29 is 4.79 Å². The quantitative estimate of drug-likeness (QED) is 0.361. The number of hydrogen-bond donors (Lipinski definition) is 1. The first-order valence-corrected chi connectivity index (χ1v) is 9.30. The molecule has 0 radical (unpaired) electrons. The van der Waals surface area contributed by atoms with Crippen LogP contribution in [0.2, 0.25) is 5.02 Å². The molecule has 0 aliphatic heterocycles. The van der Waals surface area contributed by atoms with E-state index in [9.17, 15) is 4.79 Å². The van der Waals surface area contributed by atoms with Gasteiger partial charge in [0.25, 0.3) is 0 Å². The zero-order chi connectivity index (χ0) is 18.5. The topological polar surface area (TPSA) is 29.1 Å². The van der Waals surface area contributed by atoms with Crippen LogP contribution in [0.25, 0.3) is 5.70 Å². The number of hydrogen-bond acceptors (Lipinski definition) is 2. The van der Waals surface area contributed by atoms with Crippen molar-refractivity contribution in [1.82, 2.24) is 0 Å². The van der Waals surface area contributed by atoms with Crippen LogP contribution >= 0.6 is 27.5 Å². The first-order chi connectivity index (χ1) is 12.5. The van der Waals surface area contributed by atoms with E-state index < -0.39 is 0 Å². The Hall–Kier alpha value is -2.36. The van der Waals surface area contributed by atoms with E-state index in [-0.39, 0.29) is 5.78 Å². The third kappa shape index (κ3) is 4.63. The van der Waals surface area contributed by atoms with Crippen LogP contribution in [-0.2, 0) is 0 Å². The second-order valence-electron chi connectivity index (χ2n) is 5.90. The molecule has 0 atom stereocenters. The Morgan fingerprint density at radius 2 is 1.73 bits per heavy atom. The minimum Gasteiger partial charge on any atom is -0.355 e. The largest absolute Gasteiger partial charge is 0.355 e.